The van der Waals surface area contributed by atoms with Crippen LogP contribution in [0.25, 0.3) is 11.4 Å². The lowest BCUT2D eigenvalue weighted by atomic mass is 9.66. The minimum absolute atomic E-state index is 0.0759. The second-order valence-corrected chi connectivity index (χ2v) is 12.4. The van der Waals surface area contributed by atoms with Gasteiger partial charge in [-0.2, -0.15) is 0 Å². The fourth-order valence-corrected chi connectivity index (χ4v) is 5.70. The second-order valence-electron chi connectivity index (χ2n) is 11.9. The molecule has 0 radical (unpaired) electrons. The molecule has 1 aliphatic rings. The van der Waals surface area contributed by atoms with Crippen molar-refractivity contribution < 1.29 is 19.4 Å². The molecule has 0 aliphatic carbocycles. The van der Waals surface area contributed by atoms with Crippen molar-refractivity contribution in [2.24, 2.45) is 5.41 Å². The summed E-state index contributed by atoms with van der Waals surface area (Å²) >= 11 is 6.05. The monoisotopic (exact) mass is 616 g/mol. The summed E-state index contributed by atoms with van der Waals surface area (Å²) in [6.45, 7) is 7.10. The number of halogens is 1. The van der Waals surface area contributed by atoms with Gasteiger partial charge in [0.1, 0.15) is 0 Å². The summed E-state index contributed by atoms with van der Waals surface area (Å²) in [6, 6.07) is 23.6. The Labute approximate surface area is 262 Å². The van der Waals surface area contributed by atoms with Gasteiger partial charge < -0.3 is 20.1 Å². The number of likely N-dealkylation sites (tertiary alicyclic amines) is 1. The van der Waals surface area contributed by atoms with Crippen molar-refractivity contribution in [3.8, 4) is 11.4 Å². The SMILES string of the molecule is CC(CC(=O)N1CCC(O)(c2ccc(Cl)cc2)C(C)(C)C1)NC(=O)c1cccc(-c2nnn(COCc3ccccc3)n2)c1. The average Bonchev–Trinajstić information content (AvgIpc) is 3.48. The molecule has 2 atom stereocenters. The van der Waals surface area contributed by atoms with E-state index in [4.69, 9.17) is 16.3 Å². The molecule has 1 aliphatic heterocycles. The molecule has 2 unspecified atom stereocenters. The standard InChI is InChI=1S/C33H37ClN6O4/c1-23(18-29(41)39-17-16-33(43,32(2,3)21-39)27-12-14-28(34)15-13-27)35-31(42)26-11-7-10-25(19-26)30-36-38-40(37-30)22-44-20-24-8-5-4-6-9-24/h4-15,19,23,43H,16-18,20-22H2,1-3H3,(H,35,42). The molecular weight excluding hydrogens is 580 g/mol. The molecular formula is C33H37ClN6O4. The van der Waals surface area contributed by atoms with Crippen LogP contribution >= 0.6 is 11.6 Å². The molecule has 11 heteroatoms. The van der Waals surface area contributed by atoms with E-state index in [1.54, 1.807) is 48.2 Å². The van der Waals surface area contributed by atoms with Crippen molar-refractivity contribution in [3.05, 3.63) is 101 Å². The number of amides is 2. The number of hydrogen-bond acceptors (Lipinski definition) is 7. The highest BCUT2D eigenvalue weighted by Crippen LogP contribution is 2.46. The van der Waals surface area contributed by atoms with Gasteiger partial charge in [-0.3, -0.25) is 9.59 Å². The van der Waals surface area contributed by atoms with E-state index in [0.29, 0.717) is 48.1 Å². The van der Waals surface area contributed by atoms with Crippen molar-refractivity contribution in [3.63, 3.8) is 0 Å². The summed E-state index contributed by atoms with van der Waals surface area (Å²) in [5.74, 6) is -0.00707. The summed E-state index contributed by atoms with van der Waals surface area (Å²) in [5.41, 5.74) is 1.21. The number of carbonyl (C=O) groups excluding carboxylic acids is 2. The minimum Gasteiger partial charge on any atom is -0.384 e. The summed E-state index contributed by atoms with van der Waals surface area (Å²) in [6.07, 6.45) is 0.540. The third kappa shape index (κ3) is 7.15. The van der Waals surface area contributed by atoms with Crippen LogP contribution in [0.15, 0.2) is 78.9 Å². The third-order valence-corrected chi connectivity index (χ3v) is 8.39. The number of benzene rings is 3. The van der Waals surface area contributed by atoms with E-state index in [9.17, 15) is 14.7 Å². The van der Waals surface area contributed by atoms with Crippen LogP contribution in [0.1, 0.15) is 55.1 Å². The van der Waals surface area contributed by atoms with E-state index >= 15 is 0 Å². The van der Waals surface area contributed by atoms with E-state index in [1.165, 1.54) is 4.80 Å². The molecule has 0 spiro atoms. The van der Waals surface area contributed by atoms with Crippen LogP contribution in [0.4, 0.5) is 0 Å². The third-order valence-electron chi connectivity index (χ3n) is 8.14. The number of piperidine rings is 1. The van der Waals surface area contributed by atoms with Crippen LogP contribution in [-0.2, 0) is 28.5 Å². The van der Waals surface area contributed by atoms with Gasteiger partial charge in [-0.1, -0.05) is 80.0 Å². The summed E-state index contributed by atoms with van der Waals surface area (Å²) in [5, 5.41) is 27.7. The van der Waals surface area contributed by atoms with Crippen molar-refractivity contribution in [2.45, 2.75) is 58.6 Å². The van der Waals surface area contributed by atoms with E-state index in [1.807, 2.05) is 56.3 Å². The van der Waals surface area contributed by atoms with Gasteiger partial charge in [0.15, 0.2) is 6.73 Å². The van der Waals surface area contributed by atoms with Crippen molar-refractivity contribution in [1.82, 2.24) is 30.4 Å². The fourth-order valence-electron chi connectivity index (χ4n) is 5.58. The average molecular weight is 617 g/mol. The molecule has 230 valence electrons. The first-order chi connectivity index (χ1) is 21.0. The van der Waals surface area contributed by atoms with Crippen LogP contribution in [0.2, 0.25) is 5.02 Å². The van der Waals surface area contributed by atoms with Crippen molar-refractivity contribution in [2.75, 3.05) is 13.1 Å². The van der Waals surface area contributed by atoms with Gasteiger partial charge in [-0.15, -0.1) is 15.0 Å². The molecule has 0 saturated carbocycles. The van der Waals surface area contributed by atoms with Gasteiger partial charge >= 0.3 is 0 Å². The first-order valence-corrected chi connectivity index (χ1v) is 15.0. The fraction of sp³-hybridized carbons (Fsp3) is 0.364. The highest BCUT2D eigenvalue weighted by atomic mass is 35.5. The zero-order valence-corrected chi connectivity index (χ0v) is 25.9. The van der Waals surface area contributed by atoms with E-state index < -0.39 is 17.1 Å². The Morgan fingerprint density at radius 3 is 2.55 bits per heavy atom. The minimum atomic E-state index is -1.09. The molecule has 0 bridgehead atoms. The predicted molar refractivity (Wildman–Crippen MR) is 166 cm³/mol. The zero-order valence-electron chi connectivity index (χ0n) is 25.1. The predicted octanol–water partition coefficient (Wildman–Crippen LogP) is 4.82. The van der Waals surface area contributed by atoms with Crippen molar-refractivity contribution >= 4 is 23.4 Å². The number of nitrogens with one attached hydrogen (secondary N) is 1. The van der Waals surface area contributed by atoms with Gasteiger partial charge in [-0.25, -0.2) is 0 Å². The van der Waals surface area contributed by atoms with Crippen LogP contribution < -0.4 is 5.32 Å². The van der Waals surface area contributed by atoms with Gasteiger partial charge in [-0.05, 0) is 54.0 Å². The van der Waals surface area contributed by atoms with Crippen LogP contribution in [-0.4, -0.2) is 61.2 Å². The van der Waals surface area contributed by atoms with Crippen LogP contribution in [0.3, 0.4) is 0 Å². The maximum Gasteiger partial charge on any atom is 0.251 e. The number of aliphatic hydroxyl groups is 1. The molecule has 10 nitrogen and oxygen atoms in total. The Bertz CT molecular complexity index is 1590. The van der Waals surface area contributed by atoms with Gasteiger partial charge in [0.2, 0.25) is 11.7 Å². The number of hydrogen-bond donors (Lipinski definition) is 2. The maximum absolute atomic E-state index is 13.2. The molecule has 5 rings (SSSR count). The number of aromatic nitrogens is 4. The highest BCUT2D eigenvalue weighted by Gasteiger charge is 2.49. The Balaban J connectivity index is 1.14. The van der Waals surface area contributed by atoms with E-state index in [2.05, 4.69) is 20.7 Å². The first kappa shape index (κ1) is 31.3. The van der Waals surface area contributed by atoms with E-state index in [-0.39, 0.29) is 25.0 Å². The lowest BCUT2D eigenvalue weighted by Crippen LogP contribution is -2.57. The lowest BCUT2D eigenvalue weighted by Gasteiger charge is -2.50. The molecule has 3 aromatic carbocycles. The molecule has 1 saturated heterocycles. The molecule has 4 aromatic rings. The topological polar surface area (TPSA) is 122 Å². The lowest BCUT2D eigenvalue weighted by molar-refractivity contribution is -0.153. The zero-order chi connectivity index (χ0) is 31.3. The molecule has 44 heavy (non-hydrogen) atoms. The Kier molecular flexibility index (Phi) is 9.43. The number of tetrazole rings is 1. The molecule has 2 N–H and O–H groups in total. The number of carbonyl (C=O) groups is 2. The molecule has 2 amide bonds. The van der Waals surface area contributed by atoms with Gasteiger partial charge in [0, 0.05) is 47.1 Å². The van der Waals surface area contributed by atoms with Crippen molar-refractivity contribution in [1.29, 1.82) is 0 Å². The van der Waals surface area contributed by atoms with Gasteiger partial charge in [0.05, 0.1) is 12.2 Å². The Hall–Kier alpha value is -4.12. The number of ether oxygens (including phenoxy) is 1. The van der Waals surface area contributed by atoms with Crippen LogP contribution in [0, 0.1) is 5.41 Å². The Morgan fingerprint density at radius 1 is 1.07 bits per heavy atom. The normalized spacial score (nSPS) is 18.5. The molecule has 2 heterocycles. The molecule has 1 aromatic heterocycles. The second kappa shape index (κ2) is 13.3. The quantitative estimate of drug-likeness (QED) is 0.262. The number of rotatable bonds is 10. The first-order valence-electron chi connectivity index (χ1n) is 14.6. The summed E-state index contributed by atoms with van der Waals surface area (Å²) in [4.78, 5) is 29.5. The largest absolute Gasteiger partial charge is 0.384 e. The Morgan fingerprint density at radius 2 is 1.82 bits per heavy atom. The highest BCUT2D eigenvalue weighted by molar-refractivity contribution is 6.30. The summed E-state index contributed by atoms with van der Waals surface area (Å²) in [7, 11) is 0. The smallest absolute Gasteiger partial charge is 0.251 e. The maximum atomic E-state index is 13.2. The molecule has 1 fully saturated rings. The van der Waals surface area contributed by atoms with Crippen LogP contribution in [0.5, 0.6) is 0 Å². The van der Waals surface area contributed by atoms with E-state index in [0.717, 1.165) is 11.1 Å². The van der Waals surface area contributed by atoms with Gasteiger partial charge in [0.25, 0.3) is 5.91 Å². The number of nitrogens with zero attached hydrogens (tertiary/aromatic N) is 5. The summed E-state index contributed by atoms with van der Waals surface area (Å²) < 4.78 is 5.67.